The summed E-state index contributed by atoms with van der Waals surface area (Å²) in [5.74, 6) is -0.319. The molecule has 5 N–H and O–H groups in total. The molecular formula is C6H8N4O3. The molecule has 0 bridgehead atoms. The molecule has 2 rings (SSSR count). The number of aliphatic hydroxyl groups is 2. The predicted octanol–water partition coefficient (Wildman–Crippen LogP) is -0.594. The van der Waals surface area contributed by atoms with E-state index >= 15 is 0 Å². The van der Waals surface area contributed by atoms with Gasteiger partial charge in [0.25, 0.3) is 0 Å². The van der Waals surface area contributed by atoms with Crippen molar-refractivity contribution in [2.45, 2.75) is 0 Å². The van der Waals surface area contributed by atoms with Gasteiger partial charge in [-0.15, -0.1) is 0 Å². The number of hydrogen-bond acceptors (Lipinski definition) is 7. The van der Waals surface area contributed by atoms with Gasteiger partial charge >= 0.3 is 0 Å². The van der Waals surface area contributed by atoms with Crippen LogP contribution in [0.15, 0.2) is 28.7 Å². The third-order valence-electron chi connectivity index (χ3n) is 1.78. The highest BCUT2D eigenvalue weighted by atomic mass is 16.5. The zero-order valence-corrected chi connectivity index (χ0v) is 6.55. The van der Waals surface area contributed by atoms with Crippen molar-refractivity contribution in [1.29, 1.82) is 0 Å². The van der Waals surface area contributed by atoms with E-state index in [1.165, 1.54) is 4.90 Å². The maximum absolute atomic E-state index is 9.23. The molecular weight excluding hydrogens is 176 g/mol. The second kappa shape index (κ2) is 2.30. The van der Waals surface area contributed by atoms with Crippen molar-refractivity contribution in [2.24, 2.45) is 10.7 Å². The van der Waals surface area contributed by atoms with Crippen molar-refractivity contribution in [3.63, 3.8) is 0 Å². The Morgan fingerprint density at radius 1 is 1.46 bits per heavy atom. The molecule has 2 aliphatic heterocycles. The van der Waals surface area contributed by atoms with Crippen LogP contribution in [0.25, 0.3) is 0 Å². The maximum Gasteiger partial charge on any atom is 0.239 e. The number of hydroxylamine groups is 2. The Morgan fingerprint density at radius 3 is 2.85 bits per heavy atom. The fraction of sp³-hybridized carbons (Fsp3) is 0.167. The molecule has 13 heavy (non-hydrogen) atoms. The third kappa shape index (κ3) is 0.975. The fourth-order valence-electron chi connectivity index (χ4n) is 1.13. The van der Waals surface area contributed by atoms with Crippen LogP contribution in [0.5, 0.6) is 0 Å². The highest BCUT2D eigenvalue weighted by Crippen LogP contribution is 2.20. The first-order valence-electron chi connectivity index (χ1n) is 3.52. The van der Waals surface area contributed by atoms with Crippen LogP contribution in [0.4, 0.5) is 0 Å². The lowest BCUT2D eigenvalue weighted by molar-refractivity contribution is 0.0341. The highest BCUT2D eigenvalue weighted by Gasteiger charge is 2.32. The normalized spacial score (nSPS) is 21.6. The highest BCUT2D eigenvalue weighted by molar-refractivity contribution is 5.85. The van der Waals surface area contributed by atoms with E-state index in [2.05, 4.69) is 4.99 Å². The van der Waals surface area contributed by atoms with E-state index in [1.54, 1.807) is 0 Å². The molecule has 0 atom stereocenters. The SMILES string of the molecule is NC1=C(O)CN2C(O)=CN(O)C2=N1. The Hall–Kier alpha value is -1.89. The van der Waals surface area contributed by atoms with E-state index in [0.717, 1.165) is 6.20 Å². The monoisotopic (exact) mass is 184 g/mol. The fourth-order valence-corrected chi connectivity index (χ4v) is 1.13. The molecule has 0 amide bonds. The number of nitrogens with zero attached hydrogens (tertiary/aromatic N) is 3. The average Bonchev–Trinajstić information content (AvgIpc) is 2.31. The van der Waals surface area contributed by atoms with Gasteiger partial charge in [-0.05, 0) is 0 Å². The van der Waals surface area contributed by atoms with Gasteiger partial charge in [0.2, 0.25) is 11.8 Å². The first kappa shape index (κ1) is 7.74. The number of aliphatic hydroxyl groups excluding tert-OH is 2. The summed E-state index contributed by atoms with van der Waals surface area (Å²) in [7, 11) is 0. The lowest BCUT2D eigenvalue weighted by Crippen LogP contribution is -2.38. The third-order valence-corrected chi connectivity index (χ3v) is 1.78. The van der Waals surface area contributed by atoms with Gasteiger partial charge in [0.05, 0.1) is 12.7 Å². The summed E-state index contributed by atoms with van der Waals surface area (Å²) in [5.41, 5.74) is 5.31. The van der Waals surface area contributed by atoms with Gasteiger partial charge in [-0.25, -0.2) is 0 Å². The van der Waals surface area contributed by atoms with Crippen molar-refractivity contribution in [3.05, 3.63) is 23.7 Å². The molecule has 0 aromatic rings. The first-order chi connectivity index (χ1) is 6.09. The molecule has 0 spiro atoms. The van der Waals surface area contributed by atoms with Gasteiger partial charge in [0.15, 0.2) is 11.6 Å². The molecule has 2 aliphatic rings. The molecule has 0 aromatic carbocycles. The zero-order chi connectivity index (χ0) is 9.59. The Balaban J connectivity index is 2.40. The summed E-state index contributed by atoms with van der Waals surface area (Å²) in [6.07, 6.45) is 1.06. The molecule has 0 radical (unpaired) electrons. The molecule has 0 unspecified atom stereocenters. The van der Waals surface area contributed by atoms with Crippen LogP contribution in [0.2, 0.25) is 0 Å². The van der Waals surface area contributed by atoms with Crippen molar-refractivity contribution in [2.75, 3.05) is 6.54 Å². The van der Waals surface area contributed by atoms with E-state index in [4.69, 9.17) is 10.9 Å². The number of aliphatic imine (C=N–C) groups is 1. The minimum absolute atomic E-state index is 0.00403. The van der Waals surface area contributed by atoms with Crippen molar-refractivity contribution >= 4 is 5.96 Å². The van der Waals surface area contributed by atoms with E-state index in [0.29, 0.717) is 5.06 Å². The van der Waals surface area contributed by atoms with Gasteiger partial charge < -0.3 is 15.9 Å². The summed E-state index contributed by atoms with van der Waals surface area (Å²) in [4.78, 5) is 4.88. The van der Waals surface area contributed by atoms with Crippen LogP contribution in [-0.4, -0.2) is 37.9 Å². The number of nitrogens with two attached hydrogens (primary N) is 1. The molecule has 0 saturated heterocycles. The van der Waals surface area contributed by atoms with E-state index in [-0.39, 0.29) is 30.0 Å². The molecule has 0 fully saturated rings. The Morgan fingerprint density at radius 2 is 2.15 bits per heavy atom. The van der Waals surface area contributed by atoms with Gasteiger partial charge in [0.1, 0.15) is 0 Å². The van der Waals surface area contributed by atoms with Crippen LogP contribution in [-0.2, 0) is 0 Å². The lowest BCUT2D eigenvalue weighted by atomic mass is 10.4. The van der Waals surface area contributed by atoms with Crippen LogP contribution in [0, 0.1) is 0 Å². The van der Waals surface area contributed by atoms with E-state index in [9.17, 15) is 10.2 Å². The summed E-state index contributed by atoms with van der Waals surface area (Å²) in [6.45, 7) is 0.00403. The van der Waals surface area contributed by atoms with E-state index in [1.807, 2.05) is 0 Å². The van der Waals surface area contributed by atoms with Crippen molar-refractivity contribution in [1.82, 2.24) is 9.96 Å². The Labute approximate surface area is 73.3 Å². The number of rotatable bonds is 0. The number of hydrogen-bond donors (Lipinski definition) is 4. The molecule has 0 aliphatic carbocycles. The van der Waals surface area contributed by atoms with Crippen molar-refractivity contribution < 1.29 is 15.4 Å². The molecule has 0 aromatic heterocycles. The second-order valence-corrected chi connectivity index (χ2v) is 2.66. The number of guanidine groups is 1. The standard InChI is InChI=1S/C6H8N4O3/c7-5-3(11)1-9-4(12)2-10(13)6(9)8-5/h2,11-13H,1,7H2. The van der Waals surface area contributed by atoms with Crippen LogP contribution in [0.1, 0.15) is 0 Å². The summed E-state index contributed by atoms with van der Waals surface area (Å²) in [6, 6.07) is 0. The van der Waals surface area contributed by atoms with Gasteiger partial charge in [-0.1, -0.05) is 0 Å². The summed E-state index contributed by atoms with van der Waals surface area (Å²) in [5, 5.41) is 28.2. The zero-order valence-electron chi connectivity index (χ0n) is 6.55. The Bertz CT molecular complexity index is 346. The molecule has 70 valence electrons. The minimum Gasteiger partial charge on any atom is -0.507 e. The summed E-state index contributed by atoms with van der Waals surface area (Å²) < 4.78 is 0. The van der Waals surface area contributed by atoms with E-state index < -0.39 is 0 Å². The first-order valence-corrected chi connectivity index (χ1v) is 3.52. The second-order valence-electron chi connectivity index (χ2n) is 2.66. The molecule has 2 heterocycles. The van der Waals surface area contributed by atoms with Crippen LogP contribution < -0.4 is 5.73 Å². The smallest absolute Gasteiger partial charge is 0.239 e. The molecule has 0 saturated carbocycles. The topological polar surface area (TPSA) is 106 Å². The quantitative estimate of drug-likeness (QED) is 0.401. The van der Waals surface area contributed by atoms with Crippen molar-refractivity contribution in [3.8, 4) is 0 Å². The predicted molar refractivity (Wildman–Crippen MR) is 42.3 cm³/mol. The molecule has 7 heteroatoms. The average molecular weight is 184 g/mol. The van der Waals surface area contributed by atoms with Gasteiger partial charge in [-0.3, -0.25) is 10.1 Å². The van der Waals surface area contributed by atoms with Crippen LogP contribution >= 0.6 is 0 Å². The molecule has 7 nitrogen and oxygen atoms in total. The maximum atomic E-state index is 9.23. The minimum atomic E-state index is -0.194. The largest absolute Gasteiger partial charge is 0.507 e. The van der Waals surface area contributed by atoms with Gasteiger partial charge in [0, 0.05) is 0 Å². The summed E-state index contributed by atoms with van der Waals surface area (Å²) >= 11 is 0. The Kier molecular flexibility index (Phi) is 1.37. The lowest BCUT2D eigenvalue weighted by Gasteiger charge is -2.23. The van der Waals surface area contributed by atoms with Crippen LogP contribution in [0.3, 0.4) is 0 Å². The number of fused-ring (bicyclic) bond motifs is 1. The van der Waals surface area contributed by atoms with Gasteiger partial charge in [-0.2, -0.15) is 10.1 Å².